The molecule has 0 saturated heterocycles. The van der Waals surface area contributed by atoms with Crippen molar-refractivity contribution in [3.8, 4) is 0 Å². The lowest BCUT2D eigenvalue weighted by molar-refractivity contribution is 0.139. The molecule has 0 radical (unpaired) electrons. The molecule has 2 N–H and O–H groups in total. The first-order chi connectivity index (χ1) is 3.98. The Hall–Kier alpha value is -0.0800. The summed E-state index contributed by atoms with van der Waals surface area (Å²) in [5.41, 5.74) is 0.121. The van der Waals surface area contributed by atoms with E-state index in [2.05, 4.69) is 27.7 Å². The van der Waals surface area contributed by atoms with Crippen molar-refractivity contribution in [1.29, 1.82) is 0 Å². The Morgan fingerprint density at radius 3 is 1.89 bits per heavy atom. The normalized spacial score (nSPS) is 12.7. The molecule has 0 aliphatic rings. The zero-order valence-corrected chi connectivity index (χ0v) is 6.94. The van der Waals surface area contributed by atoms with Crippen molar-refractivity contribution in [2.45, 2.75) is 39.7 Å². The Morgan fingerprint density at radius 2 is 1.78 bits per heavy atom. The highest BCUT2D eigenvalue weighted by atomic mass is 15.4. The van der Waals surface area contributed by atoms with E-state index < -0.39 is 0 Å². The predicted octanol–water partition coefficient (Wildman–Crippen LogP) is 1.37. The van der Waals surface area contributed by atoms with E-state index in [-0.39, 0.29) is 5.54 Å². The molecular formula is C7H18N2. The lowest BCUT2D eigenvalue weighted by Crippen LogP contribution is -2.46. The minimum atomic E-state index is 0.121. The van der Waals surface area contributed by atoms with E-state index in [4.69, 9.17) is 5.84 Å². The van der Waals surface area contributed by atoms with Crippen molar-refractivity contribution >= 4 is 0 Å². The lowest BCUT2D eigenvalue weighted by Gasteiger charge is -2.30. The molecule has 0 amide bonds. The minimum Gasteiger partial charge on any atom is -0.268 e. The zero-order chi connectivity index (χ0) is 7.49. The van der Waals surface area contributed by atoms with E-state index in [0.29, 0.717) is 0 Å². The molecular weight excluding hydrogens is 112 g/mol. The Kier molecular flexibility index (Phi) is 3.15. The average Bonchev–Trinajstić information content (AvgIpc) is 1.64. The lowest BCUT2D eigenvalue weighted by atomic mass is 10.1. The summed E-state index contributed by atoms with van der Waals surface area (Å²) in [4.78, 5) is 0. The van der Waals surface area contributed by atoms with Gasteiger partial charge in [-0.15, -0.1) is 0 Å². The third-order valence-corrected chi connectivity index (χ3v) is 1.33. The summed E-state index contributed by atoms with van der Waals surface area (Å²) in [5.74, 6) is 5.69. The first kappa shape index (κ1) is 8.92. The first-order valence-electron chi connectivity index (χ1n) is 3.51. The summed E-state index contributed by atoms with van der Waals surface area (Å²) >= 11 is 0. The molecule has 0 aromatic carbocycles. The van der Waals surface area contributed by atoms with Gasteiger partial charge in [0.2, 0.25) is 0 Å². The summed E-state index contributed by atoms with van der Waals surface area (Å²) in [6.07, 6.45) is 1.12. The molecule has 0 saturated carbocycles. The van der Waals surface area contributed by atoms with Gasteiger partial charge in [-0.1, -0.05) is 6.92 Å². The van der Waals surface area contributed by atoms with E-state index in [1.807, 2.05) is 5.01 Å². The van der Waals surface area contributed by atoms with Gasteiger partial charge in [-0.25, -0.2) is 5.01 Å². The van der Waals surface area contributed by atoms with Crippen molar-refractivity contribution in [2.24, 2.45) is 5.84 Å². The van der Waals surface area contributed by atoms with Crippen LogP contribution < -0.4 is 5.84 Å². The van der Waals surface area contributed by atoms with Crippen LogP contribution in [0.15, 0.2) is 0 Å². The molecule has 0 fully saturated rings. The third kappa shape index (κ3) is 3.49. The fourth-order valence-electron chi connectivity index (χ4n) is 0.576. The van der Waals surface area contributed by atoms with Crippen LogP contribution in [0.2, 0.25) is 0 Å². The average molecular weight is 130 g/mol. The molecule has 0 unspecified atom stereocenters. The maximum absolute atomic E-state index is 5.69. The van der Waals surface area contributed by atoms with Gasteiger partial charge in [-0.2, -0.15) is 0 Å². The van der Waals surface area contributed by atoms with Gasteiger partial charge in [0, 0.05) is 12.1 Å². The molecule has 0 aliphatic heterocycles. The molecule has 0 rings (SSSR count). The standard InChI is InChI=1S/C7H18N2/c1-5-6-9(8)7(2,3)4/h5-6,8H2,1-4H3. The van der Waals surface area contributed by atoms with E-state index >= 15 is 0 Å². The van der Waals surface area contributed by atoms with Crippen LogP contribution in [0.25, 0.3) is 0 Å². The number of rotatable bonds is 2. The molecule has 0 heterocycles. The molecule has 0 aromatic rings. The molecule has 0 aliphatic carbocycles. The summed E-state index contributed by atoms with van der Waals surface area (Å²) in [7, 11) is 0. The molecule has 9 heavy (non-hydrogen) atoms. The molecule has 0 aromatic heterocycles. The van der Waals surface area contributed by atoms with Crippen LogP contribution in [-0.4, -0.2) is 17.1 Å². The molecule has 0 bridgehead atoms. The second kappa shape index (κ2) is 3.18. The van der Waals surface area contributed by atoms with Gasteiger partial charge in [-0.05, 0) is 27.2 Å². The Balaban J connectivity index is 3.59. The smallest absolute Gasteiger partial charge is 0.0267 e. The van der Waals surface area contributed by atoms with Crippen LogP contribution in [0.5, 0.6) is 0 Å². The molecule has 0 spiro atoms. The predicted molar refractivity (Wildman–Crippen MR) is 40.9 cm³/mol. The van der Waals surface area contributed by atoms with E-state index in [1.54, 1.807) is 0 Å². The summed E-state index contributed by atoms with van der Waals surface area (Å²) < 4.78 is 0. The van der Waals surface area contributed by atoms with E-state index in [9.17, 15) is 0 Å². The van der Waals surface area contributed by atoms with Gasteiger partial charge in [0.25, 0.3) is 0 Å². The van der Waals surface area contributed by atoms with Gasteiger partial charge >= 0.3 is 0 Å². The second-order valence-corrected chi connectivity index (χ2v) is 3.36. The highest BCUT2D eigenvalue weighted by Crippen LogP contribution is 2.07. The summed E-state index contributed by atoms with van der Waals surface area (Å²) in [6, 6.07) is 0. The topological polar surface area (TPSA) is 29.3 Å². The molecule has 56 valence electrons. The van der Waals surface area contributed by atoms with Gasteiger partial charge in [-0.3, -0.25) is 5.84 Å². The number of hydrogen-bond acceptors (Lipinski definition) is 2. The van der Waals surface area contributed by atoms with Crippen LogP contribution >= 0.6 is 0 Å². The third-order valence-electron chi connectivity index (χ3n) is 1.33. The summed E-state index contributed by atoms with van der Waals surface area (Å²) in [5, 5.41) is 1.87. The van der Waals surface area contributed by atoms with Crippen molar-refractivity contribution in [3.63, 3.8) is 0 Å². The number of nitrogens with zero attached hydrogens (tertiary/aromatic N) is 1. The molecule has 2 heteroatoms. The van der Waals surface area contributed by atoms with Crippen LogP contribution in [0.1, 0.15) is 34.1 Å². The Bertz CT molecular complexity index is 73.5. The van der Waals surface area contributed by atoms with Crippen LogP contribution in [0.3, 0.4) is 0 Å². The van der Waals surface area contributed by atoms with Crippen molar-refractivity contribution < 1.29 is 0 Å². The second-order valence-electron chi connectivity index (χ2n) is 3.36. The largest absolute Gasteiger partial charge is 0.268 e. The monoisotopic (exact) mass is 130 g/mol. The Morgan fingerprint density at radius 1 is 1.33 bits per heavy atom. The van der Waals surface area contributed by atoms with E-state index in [0.717, 1.165) is 13.0 Å². The van der Waals surface area contributed by atoms with E-state index in [1.165, 1.54) is 0 Å². The van der Waals surface area contributed by atoms with Crippen LogP contribution in [0, 0.1) is 0 Å². The first-order valence-corrected chi connectivity index (χ1v) is 3.51. The summed E-state index contributed by atoms with van der Waals surface area (Å²) in [6.45, 7) is 9.45. The fraction of sp³-hybridized carbons (Fsp3) is 1.00. The quantitative estimate of drug-likeness (QED) is 0.452. The Labute approximate surface area is 58.0 Å². The zero-order valence-electron chi connectivity index (χ0n) is 6.94. The van der Waals surface area contributed by atoms with Crippen molar-refractivity contribution in [3.05, 3.63) is 0 Å². The maximum Gasteiger partial charge on any atom is 0.0267 e. The highest BCUT2D eigenvalue weighted by Gasteiger charge is 2.15. The van der Waals surface area contributed by atoms with Crippen molar-refractivity contribution in [1.82, 2.24) is 5.01 Å². The minimum absolute atomic E-state index is 0.121. The molecule has 0 atom stereocenters. The van der Waals surface area contributed by atoms with Gasteiger partial charge in [0.05, 0.1) is 0 Å². The highest BCUT2D eigenvalue weighted by molar-refractivity contribution is 4.69. The fourth-order valence-corrected chi connectivity index (χ4v) is 0.576. The van der Waals surface area contributed by atoms with Crippen molar-refractivity contribution in [2.75, 3.05) is 6.54 Å². The van der Waals surface area contributed by atoms with Crippen LogP contribution in [-0.2, 0) is 0 Å². The SMILES string of the molecule is CCCN(N)C(C)(C)C. The molecule has 2 nitrogen and oxygen atoms in total. The number of hydrogen-bond donors (Lipinski definition) is 1. The van der Waals surface area contributed by atoms with Gasteiger partial charge in [0.15, 0.2) is 0 Å². The van der Waals surface area contributed by atoms with Crippen LogP contribution in [0.4, 0.5) is 0 Å². The number of hydrazine groups is 1. The van der Waals surface area contributed by atoms with Gasteiger partial charge in [0.1, 0.15) is 0 Å². The maximum atomic E-state index is 5.69. The number of nitrogens with two attached hydrogens (primary N) is 1. The van der Waals surface area contributed by atoms with Gasteiger partial charge < -0.3 is 0 Å².